The predicted octanol–water partition coefficient (Wildman–Crippen LogP) is 6.10. The molecule has 0 radical (unpaired) electrons. The zero-order chi connectivity index (χ0) is 20.2. The van der Waals surface area contributed by atoms with E-state index in [4.69, 9.17) is 9.15 Å². The molecule has 0 aliphatic carbocycles. The molecule has 0 unspecified atom stereocenters. The van der Waals surface area contributed by atoms with E-state index in [9.17, 15) is 4.79 Å². The van der Waals surface area contributed by atoms with Gasteiger partial charge in [-0.3, -0.25) is 0 Å². The third-order valence-corrected chi connectivity index (χ3v) is 5.01. The summed E-state index contributed by atoms with van der Waals surface area (Å²) in [5, 5.41) is 0.771. The lowest BCUT2D eigenvalue weighted by Crippen LogP contribution is -2.21. The Hall–Kier alpha value is -3.53. The molecule has 0 saturated carbocycles. The Balaban J connectivity index is 1.66. The summed E-state index contributed by atoms with van der Waals surface area (Å²) in [4.78, 5) is 14.3. The van der Waals surface area contributed by atoms with Gasteiger partial charge in [0.2, 0.25) is 0 Å². The average molecular weight is 385 g/mol. The standard InChI is InChI=1S/C25H23NO3/c1-3-26(4-2)20-12-15-22-23(16-20)29-25(27)17-24(22)28-21-13-10-19(11-14-21)18-8-6-5-7-9-18/h5-17H,3-4H2,1-2H3. The summed E-state index contributed by atoms with van der Waals surface area (Å²) in [6.07, 6.45) is 0. The molecule has 0 N–H and O–H groups in total. The van der Waals surface area contributed by atoms with Crippen molar-refractivity contribution in [3.05, 3.63) is 89.3 Å². The molecule has 0 spiro atoms. The highest BCUT2D eigenvalue weighted by Gasteiger charge is 2.11. The molecule has 0 aliphatic heterocycles. The van der Waals surface area contributed by atoms with Crippen molar-refractivity contribution in [3.63, 3.8) is 0 Å². The van der Waals surface area contributed by atoms with Gasteiger partial charge < -0.3 is 14.1 Å². The van der Waals surface area contributed by atoms with Crippen LogP contribution in [0.2, 0.25) is 0 Å². The van der Waals surface area contributed by atoms with E-state index < -0.39 is 5.63 Å². The molecule has 1 heterocycles. The summed E-state index contributed by atoms with van der Waals surface area (Å²) in [6, 6.07) is 25.3. The van der Waals surface area contributed by atoms with Gasteiger partial charge in [-0.1, -0.05) is 42.5 Å². The summed E-state index contributed by atoms with van der Waals surface area (Å²) in [5.41, 5.74) is 3.38. The second-order valence-corrected chi connectivity index (χ2v) is 6.77. The van der Waals surface area contributed by atoms with Gasteiger partial charge in [-0.2, -0.15) is 0 Å². The van der Waals surface area contributed by atoms with E-state index in [0.717, 1.165) is 35.3 Å². The molecule has 0 atom stereocenters. The summed E-state index contributed by atoms with van der Waals surface area (Å²) in [5.74, 6) is 1.17. The maximum absolute atomic E-state index is 12.1. The maximum Gasteiger partial charge on any atom is 0.339 e. The first-order valence-electron chi connectivity index (χ1n) is 9.84. The topological polar surface area (TPSA) is 42.7 Å². The number of fused-ring (bicyclic) bond motifs is 1. The van der Waals surface area contributed by atoms with Crippen molar-refractivity contribution in [3.8, 4) is 22.6 Å². The first kappa shape index (κ1) is 18.8. The zero-order valence-corrected chi connectivity index (χ0v) is 16.6. The molecule has 29 heavy (non-hydrogen) atoms. The van der Waals surface area contributed by atoms with Gasteiger partial charge in [0.25, 0.3) is 0 Å². The van der Waals surface area contributed by atoms with Crippen molar-refractivity contribution < 1.29 is 9.15 Å². The largest absolute Gasteiger partial charge is 0.456 e. The Morgan fingerprint density at radius 3 is 2.21 bits per heavy atom. The Morgan fingerprint density at radius 1 is 0.828 bits per heavy atom. The minimum Gasteiger partial charge on any atom is -0.456 e. The number of anilines is 1. The first-order valence-corrected chi connectivity index (χ1v) is 9.84. The number of rotatable bonds is 6. The van der Waals surface area contributed by atoms with Crippen molar-refractivity contribution in [1.29, 1.82) is 0 Å². The SMILES string of the molecule is CCN(CC)c1ccc2c(Oc3ccc(-c4ccccc4)cc3)cc(=O)oc2c1. The lowest BCUT2D eigenvalue weighted by atomic mass is 10.1. The quantitative estimate of drug-likeness (QED) is 0.376. The monoisotopic (exact) mass is 385 g/mol. The van der Waals surface area contributed by atoms with Crippen LogP contribution in [-0.4, -0.2) is 13.1 Å². The van der Waals surface area contributed by atoms with Crippen molar-refractivity contribution >= 4 is 16.7 Å². The second kappa shape index (κ2) is 8.23. The van der Waals surface area contributed by atoms with Gasteiger partial charge in [0, 0.05) is 24.8 Å². The molecule has 0 amide bonds. The van der Waals surface area contributed by atoms with Gasteiger partial charge in [-0.15, -0.1) is 0 Å². The first-order chi connectivity index (χ1) is 14.2. The van der Waals surface area contributed by atoms with Crippen LogP contribution in [0.4, 0.5) is 5.69 Å². The fraction of sp³-hybridized carbons (Fsp3) is 0.160. The van der Waals surface area contributed by atoms with Crippen LogP contribution in [0.3, 0.4) is 0 Å². The Labute approximate surface area is 170 Å². The van der Waals surface area contributed by atoms with E-state index in [1.807, 2.05) is 60.7 Å². The van der Waals surface area contributed by atoms with Crippen molar-refractivity contribution in [2.45, 2.75) is 13.8 Å². The lowest BCUT2D eigenvalue weighted by Gasteiger charge is -2.21. The number of hydrogen-bond donors (Lipinski definition) is 0. The number of benzene rings is 3. The molecule has 0 fully saturated rings. The van der Waals surface area contributed by atoms with Gasteiger partial charge >= 0.3 is 5.63 Å². The molecule has 1 aromatic heterocycles. The maximum atomic E-state index is 12.1. The van der Waals surface area contributed by atoms with Gasteiger partial charge in [-0.25, -0.2) is 4.79 Å². The lowest BCUT2D eigenvalue weighted by molar-refractivity contribution is 0.475. The van der Waals surface area contributed by atoms with Crippen LogP contribution in [-0.2, 0) is 0 Å². The Morgan fingerprint density at radius 2 is 1.52 bits per heavy atom. The highest BCUT2D eigenvalue weighted by atomic mass is 16.5. The van der Waals surface area contributed by atoms with Crippen molar-refractivity contribution in [2.75, 3.05) is 18.0 Å². The molecule has 0 aliphatic rings. The highest BCUT2D eigenvalue weighted by Crippen LogP contribution is 2.32. The fourth-order valence-electron chi connectivity index (χ4n) is 3.46. The van der Waals surface area contributed by atoms with Gasteiger partial charge in [-0.05, 0) is 49.2 Å². The molecule has 146 valence electrons. The second-order valence-electron chi connectivity index (χ2n) is 6.77. The van der Waals surface area contributed by atoms with Crippen molar-refractivity contribution in [2.24, 2.45) is 0 Å². The van der Waals surface area contributed by atoms with E-state index in [1.54, 1.807) is 0 Å². The minimum atomic E-state index is -0.426. The third-order valence-electron chi connectivity index (χ3n) is 5.01. The van der Waals surface area contributed by atoms with Crippen molar-refractivity contribution in [1.82, 2.24) is 0 Å². The van der Waals surface area contributed by atoms with Crippen LogP contribution in [0.1, 0.15) is 13.8 Å². The molecule has 4 nitrogen and oxygen atoms in total. The molecule has 0 saturated heterocycles. The average Bonchev–Trinajstić information content (AvgIpc) is 2.75. The molecule has 4 heteroatoms. The predicted molar refractivity (Wildman–Crippen MR) is 118 cm³/mol. The van der Waals surface area contributed by atoms with Crippen LogP contribution in [0, 0.1) is 0 Å². The molecule has 4 aromatic rings. The van der Waals surface area contributed by atoms with Crippen LogP contribution in [0.5, 0.6) is 11.5 Å². The van der Waals surface area contributed by atoms with Crippen LogP contribution in [0.25, 0.3) is 22.1 Å². The molecular weight excluding hydrogens is 362 g/mol. The Bertz CT molecular complexity index is 1160. The zero-order valence-electron chi connectivity index (χ0n) is 16.6. The van der Waals surface area contributed by atoms with Gasteiger partial charge in [0.05, 0.1) is 11.5 Å². The molecule has 4 rings (SSSR count). The van der Waals surface area contributed by atoms with Gasteiger partial charge in [0.1, 0.15) is 17.1 Å². The van der Waals surface area contributed by atoms with E-state index >= 15 is 0 Å². The molecular formula is C25H23NO3. The summed E-state index contributed by atoms with van der Waals surface area (Å²) in [7, 11) is 0. The van der Waals surface area contributed by atoms with E-state index in [1.165, 1.54) is 6.07 Å². The fourth-order valence-corrected chi connectivity index (χ4v) is 3.46. The Kier molecular flexibility index (Phi) is 5.34. The summed E-state index contributed by atoms with van der Waals surface area (Å²) < 4.78 is 11.5. The minimum absolute atomic E-state index is 0.426. The van der Waals surface area contributed by atoms with E-state index in [-0.39, 0.29) is 0 Å². The third kappa shape index (κ3) is 4.02. The number of hydrogen-bond acceptors (Lipinski definition) is 4. The smallest absolute Gasteiger partial charge is 0.339 e. The van der Waals surface area contributed by atoms with E-state index in [0.29, 0.717) is 17.1 Å². The number of nitrogens with zero attached hydrogens (tertiary/aromatic N) is 1. The van der Waals surface area contributed by atoms with E-state index in [2.05, 4.69) is 30.9 Å². The molecule has 3 aromatic carbocycles. The van der Waals surface area contributed by atoms with Crippen LogP contribution >= 0.6 is 0 Å². The summed E-state index contributed by atoms with van der Waals surface area (Å²) in [6.45, 7) is 5.97. The normalized spacial score (nSPS) is 10.8. The highest BCUT2D eigenvalue weighted by molar-refractivity contribution is 5.86. The molecule has 0 bridgehead atoms. The summed E-state index contributed by atoms with van der Waals surface area (Å²) >= 11 is 0. The van der Waals surface area contributed by atoms with Crippen LogP contribution in [0.15, 0.2) is 88.1 Å². The number of ether oxygens (including phenoxy) is 1. The van der Waals surface area contributed by atoms with Crippen LogP contribution < -0.4 is 15.3 Å². The van der Waals surface area contributed by atoms with Gasteiger partial charge in [0.15, 0.2) is 0 Å².